The molecule has 10 heteroatoms. The maximum Gasteiger partial charge on any atom is 0.350 e. The number of aromatic nitrogens is 4. The maximum absolute atomic E-state index is 12.4. The van der Waals surface area contributed by atoms with Crippen LogP contribution in [0.2, 0.25) is 0 Å². The first-order chi connectivity index (χ1) is 15.0. The van der Waals surface area contributed by atoms with Gasteiger partial charge in [-0.05, 0) is 32.0 Å². The molecule has 3 aromatic heterocycles. The molecular weight excluding hydrogens is 434 g/mol. The molecule has 1 amide bonds. The minimum atomic E-state index is -0.612. The van der Waals surface area contributed by atoms with E-state index < -0.39 is 18.5 Å². The van der Waals surface area contributed by atoms with E-state index in [1.165, 1.54) is 0 Å². The van der Waals surface area contributed by atoms with Gasteiger partial charge in [0.25, 0.3) is 5.91 Å². The predicted octanol–water partition coefficient (Wildman–Crippen LogP) is 4.14. The highest BCUT2D eigenvalue weighted by molar-refractivity contribution is 7.17. The van der Waals surface area contributed by atoms with Crippen molar-refractivity contribution in [3.05, 3.63) is 63.7 Å². The van der Waals surface area contributed by atoms with Crippen LogP contribution in [-0.2, 0) is 9.53 Å². The van der Waals surface area contributed by atoms with Gasteiger partial charge in [-0.3, -0.25) is 4.79 Å². The summed E-state index contributed by atoms with van der Waals surface area (Å²) >= 11 is 2.69. The summed E-state index contributed by atoms with van der Waals surface area (Å²) in [5.74, 6) is -0.615. The molecule has 31 heavy (non-hydrogen) atoms. The number of amides is 1. The molecule has 1 aromatic carbocycles. The number of carbonyl (C=O) groups is 2. The Morgan fingerprint density at radius 2 is 1.90 bits per heavy atom. The van der Waals surface area contributed by atoms with Crippen LogP contribution in [0.5, 0.6) is 0 Å². The zero-order chi connectivity index (χ0) is 21.8. The Labute approximate surface area is 186 Å². The van der Waals surface area contributed by atoms with Gasteiger partial charge in [-0.1, -0.05) is 12.1 Å². The fraction of sp³-hybridized carbons (Fsp3) is 0.143. The van der Waals surface area contributed by atoms with E-state index in [1.54, 1.807) is 42.8 Å². The monoisotopic (exact) mass is 451 g/mol. The minimum Gasteiger partial charge on any atom is -0.451 e. The average Bonchev–Trinajstić information content (AvgIpc) is 3.39. The van der Waals surface area contributed by atoms with Crippen molar-refractivity contribution in [1.29, 1.82) is 0 Å². The quantitative estimate of drug-likeness (QED) is 0.439. The molecule has 0 fully saturated rings. The molecule has 0 spiro atoms. The second-order valence-corrected chi connectivity index (χ2v) is 8.52. The lowest BCUT2D eigenvalue weighted by Crippen LogP contribution is -2.20. The van der Waals surface area contributed by atoms with E-state index >= 15 is 0 Å². The summed E-state index contributed by atoms with van der Waals surface area (Å²) in [6.07, 6.45) is 3.21. The van der Waals surface area contributed by atoms with E-state index in [0.717, 1.165) is 27.6 Å². The Hall–Kier alpha value is -3.50. The van der Waals surface area contributed by atoms with Crippen molar-refractivity contribution < 1.29 is 14.3 Å². The number of anilines is 1. The Bertz CT molecular complexity index is 1240. The van der Waals surface area contributed by atoms with Gasteiger partial charge in [0.2, 0.25) is 0 Å². The minimum absolute atomic E-state index is 0.316. The maximum atomic E-state index is 12.4. The molecule has 0 saturated heterocycles. The zero-order valence-corrected chi connectivity index (χ0v) is 18.3. The Morgan fingerprint density at radius 1 is 1.10 bits per heavy atom. The molecule has 0 atom stereocenters. The van der Waals surface area contributed by atoms with Gasteiger partial charge in [0.15, 0.2) is 17.4 Å². The van der Waals surface area contributed by atoms with Crippen LogP contribution in [0.3, 0.4) is 0 Å². The van der Waals surface area contributed by atoms with Gasteiger partial charge in [-0.2, -0.15) is 0 Å². The standard InChI is InChI=1S/C21H17N5O3S2/c1-12-18(31-20(24-12)19-22-7-4-8-23-19)21(28)29-10-17(27)26-15-6-3-5-14(9-15)16-11-30-13(2)25-16/h3-9,11H,10H2,1-2H3,(H,26,27). The molecule has 4 aromatic rings. The molecule has 1 N–H and O–H groups in total. The van der Waals surface area contributed by atoms with Crippen molar-refractivity contribution in [2.45, 2.75) is 13.8 Å². The first kappa shape index (κ1) is 20.8. The predicted molar refractivity (Wildman–Crippen MR) is 119 cm³/mol. The molecule has 0 saturated carbocycles. The van der Waals surface area contributed by atoms with Gasteiger partial charge in [0, 0.05) is 29.0 Å². The zero-order valence-electron chi connectivity index (χ0n) is 16.7. The fourth-order valence-electron chi connectivity index (χ4n) is 2.74. The van der Waals surface area contributed by atoms with E-state index in [-0.39, 0.29) is 0 Å². The number of esters is 1. The summed E-state index contributed by atoms with van der Waals surface area (Å²) in [5, 5.41) is 6.19. The van der Waals surface area contributed by atoms with Crippen LogP contribution in [-0.4, -0.2) is 38.4 Å². The number of ether oxygens (including phenoxy) is 1. The summed E-state index contributed by atoms with van der Waals surface area (Å²) in [5.41, 5.74) is 2.85. The van der Waals surface area contributed by atoms with E-state index in [9.17, 15) is 9.59 Å². The van der Waals surface area contributed by atoms with Gasteiger partial charge in [0.1, 0.15) is 4.88 Å². The summed E-state index contributed by atoms with van der Waals surface area (Å²) < 4.78 is 5.18. The van der Waals surface area contributed by atoms with Crippen molar-refractivity contribution in [3.8, 4) is 22.1 Å². The van der Waals surface area contributed by atoms with Crippen LogP contribution in [0.15, 0.2) is 48.1 Å². The van der Waals surface area contributed by atoms with Crippen LogP contribution < -0.4 is 5.32 Å². The largest absolute Gasteiger partial charge is 0.451 e. The van der Waals surface area contributed by atoms with Crippen LogP contribution in [0.4, 0.5) is 5.69 Å². The molecular formula is C21H17N5O3S2. The summed E-state index contributed by atoms with van der Waals surface area (Å²) in [4.78, 5) is 42.1. The van der Waals surface area contributed by atoms with Crippen molar-refractivity contribution >= 4 is 40.2 Å². The second kappa shape index (κ2) is 9.11. The number of benzene rings is 1. The lowest BCUT2D eigenvalue weighted by Gasteiger charge is -2.07. The molecule has 0 radical (unpaired) electrons. The average molecular weight is 452 g/mol. The number of rotatable bonds is 6. The molecule has 156 valence electrons. The number of nitrogens with zero attached hydrogens (tertiary/aromatic N) is 4. The third kappa shape index (κ3) is 4.98. The third-order valence-corrected chi connectivity index (χ3v) is 6.04. The van der Waals surface area contributed by atoms with Gasteiger partial charge >= 0.3 is 5.97 Å². The van der Waals surface area contributed by atoms with E-state index in [1.807, 2.05) is 30.5 Å². The van der Waals surface area contributed by atoms with Crippen molar-refractivity contribution in [2.24, 2.45) is 0 Å². The number of hydrogen-bond acceptors (Lipinski definition) is 9. The van der Waals surface area contributed by atoms with E-state index in [4.69, 9.17) is 4.74 Å². The third-order valence-electron chi connectivity index (χ3n) is 4.13. The van der Waals surface area contributed by atoms with Crippen molar-refractivity contribution in [2.75, 3.05) is 11.9 Å². The van der Waals surface area contributed by atoms with Crippen LogP contribution in [0.1, 0.15) is 20.4 Å². The van der Waals surface area contributed by atoms with Gasteiger partial charge < -0.3 is 10.1 Å². The molecule has 8 nitrogen and oxygen atoms in total. The van der Waals surface area contributed by atoms with Crippen LogP contribution in [0.25, 0.3) is 22.1 Å². The summed E-state index contributed by atoms with van der Waals surface area (Å²) in [6.45, 7) is 3.23. The smallest absolute Gasteiger partial charge is 0.350 e. The fourth-order valence-corrected chi connectivity index (χ4v) is 4.27. The highest BCUT2D eigenvalue weighted by Gasteiger charge is 2.19. The van der Waals surface area contributed by atoms with Crippen molar-refractivity contribution in [1.82, 2.24) is 19.9 Å². The second-order valence-electron chi connectivity index (χ2n) is 6.46. The molecule has 0 aliphatic heterocycles. The number of hydrogen-bond donors (Lipinski definition) is 1. The molecule has 3 heterocycles. The molecule has 4 rings (SSSR count). The molecule has 0 aliphatic carbocycles. The molecule has 0 aliphatic rings. The van der Waals surface area contributed by atoms with Crippen LogP contribution in [0, 0.1) is 13.8 Å². The lowest BCUT2D eigenvalue weighted by atomic mass is 10.1. The first-order valence-corrected chi connectivity index (χ1v) is 10.9. The number of carbonyl (C=O) groups excluding carboxylic acids is 2. The van der Waals surface area contributed by atoms with Gasteiger partial charge in [0.05, 0.1) is 16.4 Å². The number of thiazole rings is 2. The van der Waals surface area contributed by atoms with Crippen molar-refractivity contribution in [3.63, 3.8) is 0 Å². The Morgan fingerprint density at radius 3 is 2.65 bits per heavy atom. The molecule has 0 bridgehead atoms. The van der Waals surface area contributed by atoms with Gasteiger partial charge in [-0.15, -0.1) is 22.7 Å². The SMILES string of the molecule is Cc1nc(-c2cccc(NC(=O)COC(=O)c3sc(-c4ncccn4)nc3C)c2)cs1. The van der Waals surface area contributed by atoms with E-state index in [2.05, 4.69) is 25.3 Å². The summed E-state index contributed by atoms with van der Waals surface area (Å²) in [7, 11) is 0. The van der Waals surface area contributed by atoms with E-state index in [0.29, 0.717) is 27.1 Å². The molecule has 0 unspecified atom stereocenters. The van der Waals surface area contributed by atoms with Crippen LogP contribution >= 0.6 is 22.7 Å². The van der Waals surface area contributed by atoms with Gasteiger partial charge in [-0.25, -0.2) is 24.7 Å². The Balaban J connectivity index is 1.37. The lowest BCUT2D eigenvalue weighted by molar-refractivity contribution is -0.119. The number of aryl methyl sites for hydroxylation is 2. The first-order valence-electron chi connectivity index (χ1n) is 9.24. The Kier molecular flexibility index (Phi) is 6.10. The normalized spacial score (nSPS) is 10.6. The topological polar surface area (TPSA) is 107 Å². The number of nitrogens with one attached hydrogen (secondary N) is 1. The highest BCUT2D eigenvalue weighted by Crippen LogP contribution is 2.26. The highest BCUT2D eigenvalue weighted by atomic mass is 32.1. The summed E-state index contributed by atoms with van der Waals surface area (Å²) in [6, 6.07) is 9.05.